The Morgan fingerprint density at radius 2 is 0.931 bits per heavy atom. The van der Waals surface area contributed by atoms with Gasteiger partial charge < -0.3 is 0 Å². The highest BCUT2D eigenvalue weighted by Gasteiger charge is 2.22. The molecule has 4 heteroatoms. The molecule has 0 aliphatic heterocycles. The topological polar surface area (TPSA) is 38.7 Å². The van der Waals surface area contributed by atoms with Crippen LogP contribution >= 0.6 is 11.3 Å². The Morgan fingerprint density at radius 1 is 0.362 bits per heavy atom. The van der Waals surface area contributed by atoms with Gasteiger partial charge in [-0.1, -0.05) is 176 Å². The molecule has 272 valence electrons. The molecule has 8 aromatic carbocycles. The lowest BCUT2D eigenvalue weighted by Gasteiger charge is -2.17. The average molecular weight is 758 g/mol. The van der Waals surface area contributed by atoms with E-state index < -0.39 is 0 Å². The first kappa shape index (κ1) is 34.0. The van der Waals surface area contributed by atoms with Gasteiger partial charge >= 0.3 is 0 Å². The smallest absolute Gasteiger partial charge is 0.165 e. The van der Waals surface area contributed by atoms with Gasteiger partial charge in [-0.3, -0.25) is 0 Å². The fourth-order valence-electron chi connectivity index (χ4n) is 8.34. The zero-order chi connectivity index (χ0) is 38.4. The van der Waals surface area contributed by atoms with E-state index in [-0.39, 0.29) is 0 Å². The molecule has 1 aliphatic rings. The minimum Gasteiger partial charge on any atom is -0.208 e. The number of nitrogens with zero attached hydrogens (tertiary/aromatic N) is 3. The molecule has 0 atom stereocenters. The molecule has 0 saturated heterocycles. The lowest BCUT2D eigenvalue weighted by molar-refractivity contribution is 1.08. The number of hydrogen-bond donors (Lipinski definition) is 0. The van der Waals surface area contributed by atoms with Gasteiger partial charge in [-0.05, 0) is 86.0 Å². The molecule has 0 radical (unpaired) electrons. The number of rotatable bonds is 6. The Bertz CT molecular complexity index is 3230. The summed E-state index contributed by atoms with van der Waals surface area (Å²) in [6.45, 7) is 0. The van der Waals surface area contributed by atoms with Gasteiger partial charge in [0.1, 0.15) is 0 Å². The van der Waals surface area contributed by atoms with Gasteiger partial charge in [0.15, 0.2) is 17.5 Å². The minimum atomic E-state index is 0.632. The van der Waals surface area contributed by atoms with E-state index in [9.17, 15) is 0 Å². The van der Waals surface area contributed by atoms with Crippen LogP contribution in [0.2, 0.25) is 0 Å². The SMILES string of the molecule is C1=Cc2ccc(-c3ccccc3)c(-c3nc(-c4ccc(-c5ccccc5)cc4)nc(-c4ccc(-c5ccc6sc7ccccc7c6c5)c5ccccc45)n3)c2C=CC1. The lowest BCUT2D eigenvalue weighted by atomic mass is 9.91. The Labute approximate surface area is 341 Å². The van der Waals surface area contributed by atoms with E-state index in [1.165, 1.54) is 36.9 Å². The van der Waals surface area contributed by atoms with Crippen LogP contribution in [-0.2, 0) is 0 Å². The number of hydrogen-bond acceptors (Lipinski definition) is 4. The van der Waals surface area contributed by atoms with Gasteiger partial charge in [0.25, 0.3) is 0 Å². The molecule has 3 nitrogen and oxygen atoms in total. The predicted octanol–water partition coefficient (Wildman–Crippen LogP) is 14.8. The number of allylic oxidation sites excluding steroid dienone is 2. The van der Waals surface area contributed by atoms with E-state index in [4.69, 9.17) is 15.0 Å². The summed E-state index contributed by atoms with van der Waals surface area (Å²) >= 11 is 1.85. The van der Waals surface area contributed by atoms with Crippen LogP contribution in [0.5, 0.6) is 0 Å². The predicted molar refractivity (Wildman–Crippen MR) is 246 cm³/mol. The van der Waals surface area contributed by atoms with Crippen molar-refractivity contribution in [3.8, 4) is 67.5 Å². The highest BCUT2D eigenvalue weighted by atomic mass is 32.1. The summed E-state index contributed by atoms with van der Waals surface area (Å²) in [6.07, 6.45) is 9.73. The van der Waals surface area contributed by atoms with E-state index in [0.29, 0.717) is 17.5 Å². The number of thiophene rings is 1. The van der Waals surface area contributed by atoms with E-state index >= 15 is 0 Å². The fourth-order valence-corrected chi connectivity index (χ4v) is 9.42. The minimum absolute atomic E-state index is 0.632. The Hall–Kier alpha value is -7.27. The first-order valence-corrected chi connectivity index (χ1v) is 20.5. The van der Waals surface area contributed by atoms with Crippen molar-refractivity contribution in [3.63, 3.8) is 0 Å². The second-order valence-corrected chi connectivity index (χ2v) is 15.7. The van der Waals surface area contributed by atoms with Gasteiger partial charge in [0, 0.05) is 36.9 Å². The summed E-state index contributed by atoms with van der Waals surface area (Å²) in [5.74, 6) is 1.91. The average Bonchev–Trinajstić information content (AvgIpc) is 3.49. The largest absolute Gasteiger partial charge is 0.208 e. The summed E-state index contributed by atoms with van der Waals surface area (Å²) in [7, 11) is 0. The normalized spacial score (nSPS) is 12.3. The molecule has 10 aromatic rings. The molecule has 0 amide bonds. The molecule has 2 heterocycles. The molecule has 1 aliphatic carbocycles. The van der Waals surface area contributed by atoms with Crippen molar-refractivity contribution < 1.29 is 0 Å². The molecule has 11 rings (SSSR count). The van der Waals surface area contributed by atoms with Crippen molar-refractivity contribution in [1.82, 2.24) is 15.0 Å². The van der Waals surface area contributed by atoms with Crippen LogP contribution in [0.3, 0.4) is 0 Å². The van der Waals surface area contributed by atoms with Crippen LogP contribution in [0, 0.1) is 0 Å². The molecular weight excluding hydrogens is 723 g/mol. The van der Waals surface area contributed by atoms with Crippen LogP contribution < -0.4 is 0 Å². The van der Waals surface area contributed by atoms with Gasteiger partial charge in [-0.15, -0.1) is 11.3 Å². The third kappa shape index (κ3) is 6.03. The summed E-state index contributed by atoms with van der Waals surface area (Å²) in [4.78, 5) is 16.1. The molecule has 0 bridgehead atoms. The van der Waals surface area contributed by atoms with Crippen LogP contribution in [0.25, 0.3) is 111 Å². The first-order chi connectivity index (χ1) is 28.7. The van der Waals surface area contributed by atoms with E-state index in [1.54, 1.807) is 0 Å². The zero-order valence-corrected chi connectivity index (χ0v) is 32.3. The summed E-state index contributed by atoms with van der Waals surface area (Å²) in [6, 6.07) is 62.6. The summed E-state index contributed by atoms with van der Waals surface area (Å²) in [5.41, 5.74) is 12.0. The van der Waals surface area contributed by atoms with Crippen LogP contribution in [-0.4, -0.2) is 15.0 Å². The maximum absolute atomic E-state index is 5.43. The van der Waals surface area contributed by atoms with Gasteiger partial charge in [-0.2, -0.15) is 0 Å². The summed E-state index contributed by atoms with van der Waals surface area (Å²) < 4.78 is 2.61. The van der Waals surface area contributed by atoms with Crippen molar-refractivity contribution >= 4 is 54.4 Å². The van der Waals surface area contributed by atoms with E-state index in [1.807, 2.05) is 17.4 Å². The highest BCUT2D eigenvalue weighted by Crippen LogP contribution is 2.42. The molecule has 0 fully saturated rings. The molecule has 2 aromatic heterocycles. The number of aromatic nitrogens is 3. The van der Waals surface area contributed by atoms with Gasteiger partial charge in [0.2, 0.25) is 0 Å². The van der Waals surface area contributed by atoms with Crippen LogP contribution in [0.15, 0.2) is 188 Å². The second-order valence-electron chi connectivity index (χ2n) is 14.7. The number of fused-ring (bicyclic) bond motifs is 5. The van der Waals surface area contributed by atoms with Crippen molar-refractivity contribution in [1.29, 1.82) is 0 Å². The summed E-state index contributed by atoms with van der Waals surface area (Å²) in [5, 5.41) is 4.83. The molecule has 0 saturated carbocycles. The van der Waals surface area contributed by atoms with Crippen molar-refractivity contribution in [3.05, 3.63) is 199 Å². The van der Waals surface area contributed by atoms with Crippen LogP contribution in [0.4, 0.5) is 0 Å². The third-order valence-electron chi connectivity index (χ3n) is 11.2. The molecule has 0 N–H and O–H groups in total. The third-order valence-corrected chi connectivity index (χ3v) is 12.3. The maximum Gasteiger partial charge on any atom is 0.165 e. The van der Waals surface area contributed by atoms with Gasteiger partial charge in [-0.25, -0.2) is 15.0 Å². The Kier molecular flexibility index (Phi) is 8.41. The molecule has 0 spiro atoms. The maximum atomic E-state index is 5.43. The van der Waals surface area contributed by atoms with Crippen molar-refractivity contribution in [2.24, 2.45) is 0 Å². The quantitative estimate of drug-likeness (QED) is 0.170. The first-order valence-electron chi connectivity index (χ1n) is 19.7. The highest BCUT2D eigenvalue weighted by molar-refractivity contribution is 7.25. The van der Waals surface area contributed by atoms with Gasteiger partial charge in [0.05, 0.1) is 0 Å². The second kappa shape index (κ2) is 14.3. The van der Waals surface area contributed by atoms with Crippen LogP contribution in [0.1, 0.15) is 17.5 Å². The van der Waals surface area contributed by atoms with E-state index in [0.717, 1.165) is 61.7 Å². The number of benzene rings is 8. The molecule has 58 heavy (non-hydrogen) atoms. The van der Waals surface area contributed by atoms with E-state index in [2.05, 4.69) is 194 Å². The molecular formula is C54H35N3S. The monoisotopic (exact) mass is 757 g/mol. The lowest BCUT2D eigenvalue weighted by Crippen LogP contribution is -2.03. The zero-order valence-electron chi connectivity index (χ0n) is 31.5. The fraction of sp³-hybridized carbons (Fsp3) is 0.0185. The standard InChI is InChI=1S/C54H35N3S/c1-4-14-35(15-5-1)36-24-26-39(27-25-36)52-55-53(57-54(56-52)51-42-19-9-3-8-18-38(42)28-30-43(51)37-16-6-2-7-17-37)47-32-31-41(44-20-10-11-21-45(44)47)40-29-33-50-48(34-40)46-22-12-13-23-49(46)58-50/h1-2,4-34H,3H2. The Morgan fingerprint density at radius 3 is 1.74 bits per heavy atom. The van der Waals surface area contributed by atoms with Crippen molar-refractivity contribution in [2.75, 3.05) is 0 Å². The molecule has 0 unspecified atom stereocenters. The van der Waals surface area contributed by atoms with Crippen molar-refractivity contribution in [2.45, 2.75) is 6.42 Å². The Balaban J connectivity index is 1.13.